The summed E-state index contributed by atoms with van der Waals surface area (Å²) in [6.45, 7) is 4.54. The van der Waals surface area contributed by atoms with Gasteiger partial charge < -0.3 is 14.7 Å². The lowest BCUT2D eigenvalue weighted by Crippen LogP contribution is -2.47. The molecule has 0 aliphatic carbocycles. The molecule has 228 valence electrons. The number of alkyl halides is 3. The SMILES string of the molecule is C[C@H](CO)N1C[C@H](C)[C@H](CN(C)Cc2ccc(C(F)(F)F)cc2)Oc2ccc(NS(=O)(=O)c3cccs3)cc2CC1=O. The Balaban J connectivity index is 1.59. The number of anilines is 1. The lowest BCUT2D eigenvalue weighted by Gasteiger charge is -2.34. The second-order valence-corrected chi connectivity index (χ2v) is 13.5. The number of aliphatic hydroxyl groups excluding tert-OH is 1. The van der Waals surface area contributed by atoms with Crippen LogP contribution in [-0.2, 0) is 34.0 Å². The summed E-state index contributed by atoms with van der Waals surface area (Å²) in [6, 6.07) is 12.5. The molecule has 3 atom stereocenters. The average Bonchev–Trinajstić information content (AvgIpc) is 3.48. The number of aliphatic hydroxyl groups is 1. The van der Waals surface area contributed by atoms with Crippen LogP contribution in [0.2, 0.25) is 0 Å². The number of rotatable bonds is 9. The van der Waals surface area contributed by atoms with Gasteiger partial charge >= 0.3 is 6.18 Å². The number of thiophene rings is 1. The summed E-state index contributed by atoms with van der Waals surface area (Å²) in [6.07, 6.45) is -4.90. The van der Waals surface area contributed by atoms with Crippen LogP contribution < -0.4 is 9.46 Å². The number of halogens is 3. The maximum atomic E-state index is 13.4. The van der Waals surface area contributed by atoms with Crippen molar-refractivity contribution in [1.82, 2.24) is 9.80 Å². The van der Waals surface area contributed by atoms with Crippen molar-refractivity contribution >= 4 is 33.0 Å². The first-order valence-electron chi connectivity index (χ1n) is 13.4. The summed E-state index contributed by atoms with van der Waals surface area (Å²) in [5.74, 6) is 0.0203. The maximum absolute atomic E-state index is 13.4. The summed E-state index contributed by atoms with van der Waals surface area (Å²) >= 11 is 1.09. The molecule has 0 saturated carbocycles. The van der Waals surface area contributed by atoms with Crippen LogP contribution in [0, 0.1) is 5.92 Å². The predicted octanol–water partition coefficient (Wildman–Crippen LogP) is 4.85. The highest BCUT2D eigenvalue weighted by atomic mass is 32.2. The summed E-state index contributed by atoms with van der Waals surface area (Å²) in [5.41, 5.74) is 0.767. The molecular weight excluding hydrogens is 591 g/mol. The first kappa shape index (κ1) is 31.8. The van der Waals surface area contributed by atoms with Crippen molar-refractivity contribution in [3.05, 3.63) is 76.7 Å². The van der Waals surface area contributed by atoms with Gasteiger partial charge in [-0.1, -0.05) is 25.1 Å². The number of hydrogen-bond acceptors (Lipinski definition) is 7. The van der Waals surface area contributed by atoms with Crippen LogP contribution in [0.4, 0.5) is 18.9 Å². The molecule has 0 saturated heterocycles. The van der Waals surface area contributed by atoms with Crippen molar-refractivity contribution in [1.29, 1.82) is 0 Å². The van der Waals surface area contributed by atoms with Crippen molar-refractivity contribution in [2.24, 2.45) is 5.92 Å². The van der Waals surface area contributed by atoms with Gasteiger partial charge in [0.15, 0.2) is 0 Å². The standard InChI is InChI=1S/C29H34F3N3O5S2/c1-19-15-35(20(2)18-36)27(37)14-22-13-24(33-42(38,39)28-5-4-12-41-28)10-11-25(22)40-26(19)17-34(3)16-21-6-8-23(9-7-21)29(30,31)32/h4-13,19-20,26,33,36H,14-18H2,1-3H3/t19-,20+,26-/m0/s1. The number of nitrogens with zero attached hydrogens (tertiary/aromatic N) is 2. The van der Waals surface area contributed by atoms with Gasteiger partial charge in [0.25, 0.3) is 10.0 Å². The number of amides is 1. The monoisotopic (exact) mass is 625 g/mol. The zero-order chi connectivity index (χ0) is 30.7. The Hall–Kier alpha value is -3.13. The minimum Gasteiger partial charge on any atom is -0.488 e. The molecule has 4 rings (SSSR count). The highest BCUT2D eigenvalue weighted by molar-refractivity contribution is 7.94. The molecule has 0 radical (unpaired) electrons. The summed E-state index contributed by atoms with van der Waals surface area (Å²) < 4.78 is 73.7. The molecule has 0 fully saturated rings. The number of likely N-dealkylation sites (N-methyl/N-ethyl adjacent to an activating group) is 1. The van der Waals surface area contributed by atoms with E-state index in [2.05, 4.69) is 4.72 Å². The van der Waals surface area contributed by atoms with Gasteiger partial charge in [0, 0.05) is 36.8 Å². The van der Waals surface area contributed by atoms with Crippen LogP contribution >= 0.6 is 11.3 Å². The van der Waals surface area contributed by atoms with Gasteiger partial charge in [-0.3, -0.25) is 14.4 Å². The lowest BCUT2D eigenvalue weighted by molar-refractivity contribution is -0.137. The second-order valence-electron chi connectivity index (χ2n) is 10.6. The number of carbonyl (C=O) groups is 1. The molecule has 2 aromatic carbocycles. The molecule has 0 spiro atoms. The zero-order valence-electron chi connectivity index (χ0n) is 23.5. The number of ether oxygens (including phenoxy) is 1. The number of hydrogen-bond donors (Lipinski definition) is 2. The van der Waals surface area contributed by atoms with Crippen LogP contribution in [0.3, 0.4) is 0 Å². The first-order chi connectivity index (χ1) is 19.8. The zero-order valence-corrected chi connectivity index (χ0v) is 25.1. The molecule has 0 unspecified atom stereocenters. The molecule has 13 heteroatoms. The van der Waals surface area contributed by atoms with Gasteiger partial charge in [-0.05, 0) is 61.3 Å². The normalized spacial score (nSPS) is 19.0. The van der Waals surface area contributed by atoms with Crippen molar-refractivity contribution in [3.8, 4) is 5.75 Å². The smallest absolute Gasteiger partial charge is 0.416 e. The van der Waals surface area contributed by atoms with Gasteiger partial charge in [0.05, 0.1) is 24.6 Å². The van der Waals surface area contributed by atoms with E-state index >= 15 is 0 Å². The molecule has 0 bridgehead atoms. The van der Waals surface area contributed by atoms with Gasteiger partial charge in [-0.25, -0.2) is 8.42 Å². The second kappa shape index (κ2) is 13.0. The third kappa shape index (κ3) is 7.82. The van der Waals surface area contributed by atoms with E-state index < -0.39 is 33.9 Å². The Morgan fingerprint density at radius 1 is 1.19 bits per heavy atom. The Morgan fingerprint density at radius 3 is 2.52 bits per heavy atom. The molecule has 1 amide bonds. The fourth-order valence-corrected chi connectivity index (χ4v) is 6.86. The molecule has 8 nitrogen and oxygen atoms in total. The Morgan fingerprint density at radius 2 is 1.90 bits per heavy atom. The van der Waals surface area contributed by atoms with E-state index in [4.69, 9.17) is 4.74 Å². The van der Waals surface area contributed by atoms with Gasteiger partial charge in [0.2, 0.25) is 5.91 Å². The van der Waals surface area contributed by atoms with Gasteiger partial charge in [-0.15, -0.1) is 11.3 Å². The van der Waals surface area contributed by atoms with E-state index in [0.29, 0.717) is 36.5 Å². The topological polar surface area (TPSA) is 99.2 Å². The highest BCUT2D eigenvalue weighted by Crippen LogP contribution is 2.31. The first-order valence-corrected chi connectivity index (χ1v) is 15.7. The fourth-order valence-electron chi connectivity index (χ4n) is 4.82. The Labute approximate surface area is 247 Å². The van der Waals surface area contributed by atoms with Gasteiger partial charge in [-0.2, -0.15) is 13.2 Å². The van der Waals surface area contributed by atoms with Gasteiger partial charge in [0.1, 0.15) is 16.1 Å². The minimum atomic E-state index is -4.41. The van der Waals surface area contributed by atoms with Crippen LogP contribution in [-0.4, -0.2) is 68.1 Å². The molecule has 2 N–H and O–H groups in total. The van der Waals surface area contributed by atoms with Crippen LogP contribution in [0.1, 0.15) is 30.5 Å². The average molecular weight is 626 g/mol. The van der Waals surface area contributed by atoms with Crippen LogP contribution in [0.5, 0.6) is 5.75 Å². The molecule has 1 aromatic heterocycles. The molecule has 3 aromatic rings. The molecule has 1 aliphatic heterocycles. The number of fused-ring (bicyclic) bond motifs is 1. The third-order valence-corrected chi connectivity index (χ3v) is 9.93. The number of benzene rings is 2. The van der Waals surface area contributed by atoms with Crippen molar-refractivity contribution in [2.75, 3.05) is 31.5 Å². The van der Waals surface area contributed by atoms with E-state index in [9.17, 15) is 31.5 Å². The number of sulfonamides is 1. The lowest BCUT2D eigenvalue weighted by atomic mass is 10.0. The van der Waals surface area contributed by atoms with E-state index in [0.717, 1.165) is 23.5 Å². The van der Waals surface area contributed by atoms with Crippen molar-refractivity contribution in [3.63, 3.8) is 0 Å². The molecule has 2 heterocycles. The Bertz CT molecular complexity index is 1460. The Kier molecular flexibility index (Phi) is 9.86. The van der Waals surface area contributed by atoms with Crippen LogP contribution in [0.15, 0.2) is 64.2 Å². The van der Waals surface area contributed by atoms with E-state index in [1.807, 2.05) is 18.9 Å². The summed E-state index contributed by atoms with van der Waals surface area (Å²) in [5, 5.41) is 11.5. The highest BCUT2D eigenvalue weighted by Gasteiger charge is 2.32. The molecule has 42 heavy (non-hydrogen) atoms. The molecular formula is C29H34F3N3O5S2. The van der Waals surface area contributed by atoms with Crippen LogP contribution in [0.25, 0.3) is 0 Å². The minimum absolute atomic E-state index is 0.0604. The number of nitrogens with one attached hydrogen (secondary N) is 1. The maximum Gasteiger partial charge on any atom is 0.416 e. The molecule has 1 aliphatic rings. The summed E-state index contributed by atoms with van der Waals surface area (Å²) in [7, 11) is -1.97. The number of carbonyl (C=O) groups excluding carboxylic acids is 1. The van der Waals surface area contributed by atoms with Crippen molar-refractivity contribution < 1.29 is 36.2 Å². The van der Waals surface area contributed by atoms with E-state index in [1.165, 1.54) is 18.2 Å². The fraction of sp³-hybridized carbons (Fsp3) is 0.414. The quantitative estimate of drug-likeness (QED) is 0.353. The third-order valence-electron chi connectivity index (χ3n) is 7.15. The van der Waals surface area contributed by atoms with E-state index in [1.54, 1.807) is 41.5 Å². The van der Waals surface area contributed by atoms with Crippen molar-refractivity contribution in [2.45, 2.75) is 49.3 Å². The largest absolute Gasteiger partial charge is 0.488 e. The van der Waals surface area contributed by atoms with E-state index in [-0.39, 0.29) is 34.7 Å². The summed E-state index contributed by atoms with van der Waals surface area (Å²) in [4.78, 5) is 17.0. The predicted molar refractivity (Wildman–Crippen MR) is 155 cm³/mol.